The molecule has 0 atom stereocenters. The lowest BCUT2D eigenvalue weighted by atomic mass is 10.2. The maximum absolute atomic E-state index is 3.66. The Morgan fingerprint density at radius 3 is 1.50 bits per heavy atom. The van der Waals surface area contributed by atoms with Gasteiger partial charge in [-0.1, -0.05) is 154 Å². The molecule has 0 amide bonds. The number of hydrogen-bond acceptors (Lipinski definition) is 0. The number of para-hydroxylation sites is 1. The third-order valence-corrected chi connectivity index (χ3v) is 4.22. The van der Waals surface area contributed by atoms with E-state index in [2.05, 4.69) is 124 Å². The monoisotopic (exact) mass is 507 g/mol. The first-order valence-corrected chi connectivity index (χ1v) is 12.6. The molecule has 202 valence electrons. The van der Waals surface area contributed by atoms with Crippen LogP contribution in [0.4, 0.5) is 0 Å². The Morgan fingerprint density at radius 2 is 1.24 bits per heavy atom. The van der Waals surface area contributed by atoms with Gasteiger partial charge in [-0.2, -0.15) is 0 Å². The summed E-state index contributed by atoms with van der Waals surface area (Å²) in [6.07, 6.45) is 31.3. The summed E-state index contributed by atoms with van der Waals surface area (Å²) in [5.41, 5.74) is 5.59. The van der Waals surface area contributed by atoms with Crippen molar-refractivity contribution in [1.82, 2.24) is 4.98 Å². The normalized spacial score (nSPS) is 10.8. The van der Waals surface area contributed by atoms with Gasteiger partial charge >= 0.3 is 0 Å². The zero-order chi connectivity index (χ0) is 29.3. The van der Waals surface area contributed by atoms with E-state index in [0.29, 0.717) is 0 Å². The molecule has 1 heterocycles. The number of rotatable bonds is 3. The molecule has 2 aliphatic rings. The number of aromatic nitrogens is 1. The van der Waals surface area contributed by atoms with Crippen LogP contribution in [-0.2, 0) is 0 Å². The van der Waals surface area contributed by atoms with E-state index in [4.69, 9.17) is 0 Å². The van der Waals surface area contributed by atoms with Gasteiger partial charge in [0.1, 0.15) is 0 Å². The summed E-state index contributed by atoms with van der Waals surface area (Å²) in [5, 5.41) is 1.28. The van der Waals surface area contributed by atoms with Crippen LogP contribution in [0.1, 0.15) is 40.0 Å². The van der Waals surface area contributed by atoms with Crippen molar-refractivity contribution < 1.29 is 0 Å². The molecule has 0 unspecified atom stereocenters. The number of hydrogen-bond donors (Lipinski definition) is 1. The van der Waals surface area contributed by atoms with E-state index >= 15 is 0 Å². The second kappa shape index (κ2) is 32.7. The molecule has 0 saturated heterocycles. The molecule has 2 aromatic rings. The molecule has 0 bridgehead atoms. The summed E-state index contributed by atoms with van der Waals surface area (Å²) in [4.78, 5) is 3.12. The molecular formula is C37H49N. The van der Waals surface area contributed by atoms with Gasteiger partial charge in [0.15, 0.2) is 0 Å². The SMILES string of the molecule is C1=CCC=C1.C1=CCCC=C1.C=C(C)C(=C)C.C=C=C.C=CC=C.C=CC=CC.c1ccc2[nH]ccc2c1. The molecule has 0 saturated carbocycles. The quantitative estimate of drug-likeness (QED) is 0.314. The van der Waals surface area contributed by atoms with Gasteiger partial charge in [0.25, 0.3) is 0 Å². The maximum atomic E-state index is 3.66. The topological polar surface area (TPSA) is 15.8 Å². The smallest absolute Gasteiger partial charge is 0.0453 e. The molecule has 0 spiro atoms. The molecule has 1 heteroatoms. The van der Waals surface area contributed by atoms with Crippen molar-refractivity contribution >= 4 is 10.9 Å². The highest BCUT2D eigenvalue weighted by molar-refractivity contribution is 5.78. The van der Waals surface area contributed by atoms with Crippen LogP contribution in [0.2, 0.25) is 0 Å². The van der Waals surface area contributed by atoms with Crippen LogP contribution in [0.15, 0.2) is 178 Å². The molecule has 0 fully saturated rings. The molecule has 0 radical (unpaired) electrons. The van der Waals surface area contributed by atoms with Gasteiger partial charge in [0.05, 0.1) is 0 Å². The van der Waals surface area contributed by atoms with Crippen molar-refractivity contribution in [3.63, 3.8) is 0 Å². The largest absolute Gasteiger partial charge is 0.361 e. The van der Waals surface area contributed by atoms with Crippen molar-refractivity contribution in [3.05, 3.63) is 178 Å². The summed E-state index contributed by atoms with van der Waals surface area (Å²) in [7, 11) is 0. The summed E-state index contributed by atoms with van der Waals surface area (Å²) < 4.78 is 0. The van der Waals surface area contributed by atoms with Gasteiger partial charge < -0.3 is 4.98 Å². The van der Waals surface area contributed by atoms with Crippen molar-refractivity contribution in [1.29, 1.82) is 0 Å². The second-order valence-electron chi connectivity index (χ2n) is 7.63. The first kappa shape index (κ1) is 38.2. The Morgan fingerprint density at radius 1 is 0.763 bits per heavy atom. The van der Waals surface area contributed by atoms with Gasteiger partial charge in [-0.25, -0.2) is 0 Å². The lowest BCUT2D eigenvalue weighted by Gasteiger charge is -1.88. The minimum Gasteiger partial charge on any atom is -0.361 e. The van der Waals surface area contributed by atoms with Crippen molar-refractivity contribution in [2.24, 2.45) is 0 Å². The average Bonchev–Trinajstić information content (AvgIpc) is 3.67. The molecule has 38 heavy (non-hydrogen) atoms. The van der Waals surface area contributed by atoms with E-state index in [0.717, 1.165) is 17.6 Å². The van der Waals surface area contributed by atoms with Crippen LogP contribution in [0.5, 0.6) is 0 Å². The molecule has 1 nitrogen and oxygen atoms in total. The second-order valence-corrected chi connectivity index (χ2v) is 7.63. The highest BCUT2D eigenvalue weighted by Gasteiger charge is 1.86. The first-order valence-electron chi connectivity index (χ1n) is 12.6. The van der Waals surface area contributed by atoms with Gasteiger partial charge in [-0.05, 0) is 57.6 Å². The third-order valence-electron chi connectivity index (χ3n) is 4.22. The average molecular weight is 508 g/mol. The van der Waals surface area contributed by atoms with E-state index < -0.39 is 0 Å². The summed E-state index contributed by atoms with van der Waals surface area (Å²) in [5.74, 6) is 0. The van der Waals surface area contributed by atoms with Gasteiger partial charge in [-0.15, -0.1) is 5.73 Å². The van der Waals surface area contributed by atoms with E-state index in [1.807, 2.05) is 51.3 Å². The van der Waals surface area contributed by atoms with Gasteiger partial charge in [0.2, 0.25) is 0 Å². The number of fused-ring (bicyclic) bond motifs is 1. The molecule has 1 aromatic heterocycles. The number of nitrogens with one attached hydrogen (secondary N) is 1. The van der Waals surface area contributed by atoms with E-state index in [9.17, 15) is 0 Å². The molecular weight excluding hydrogens is 458 g/mol. The minimum atomic E-state index is 1.06. The maximum Gasteiger partial charge on any atom is 0.0453 e. The van der Waals surface area contributed by atoms with Crippen LogP contribution in [0, 0.1) is 0 Å². The number of benzene rings is 1. The summed E-state index contributed by atoms with van der Waals surface area (Å²) >= 11 is 0. The first-order chi connectivity index (χ1) is 18.4. The molecule has 4 rings (SSSR count). The lowest BCUT2D eigenvalue weighted by molar-refractivity contribution is 1.04. The van der Waals surface area contributed by atoms with Crippen LogP contribution in [0.3, 0.4) is 0 Å². The van der Waals surface area contributed by atoms with E-state index in [1.165, 1.54) is 23.7 Å². The predicted molar refractivity (Wildman–Crippen MR) is 179 cm³/mol. The fourth-order valence-corrected chi connectivity index (χ4v) is 2.07. The Hall–Kier alpha value is -4.32. The van der Waals surface area contributed by atoms with Gasteiger partial charge in [0, 0.05) is 11.7 Å². The molecule has 1 N–H and O–H groups in total. The Balaban J connectivity index is -0.000000387. The van der Waals surface area contributed by atoms with E-state index in [-0.39, 0.29) is 0 Å². The lowest BCUT2D eigenvalue weighted by Crippen LogP contribution is -1.67. The van der Waals surface area contributed by atoms with Crippen LogP contribution >= 0.6 is 0 Å². The Bertz CT molecular complexity index is 998. The van der Waals surface area contributed by atoms with Crippen LogP contribution in [0.25, 0.3) is 10.9 Å². The van der Waals surface area contributed by atoms with Crippen LogP contribution < -0.4 is 0 Å². The highest BCUT2D eigenvalue weighted by atomic mass is 14.7. The fourth-order valence-electron chi connectivity index (χ4n) is 2.07. The van der Waals surface area contributed by atoms with Crippen LogP contribution in [-0.4, -0.2) is 4.98 Å². The molecule has 2 aliphatic carbocycles. The molecule has 1 aromatic carbocycles. The minimum absolute atomic E-state index is 1.06. The fraction of sp³-hybridized carbons (Fsp3) is 0.162. The standard InChI is InChI=1S/C8H7N.C6H8.C6H10.C5H6.C5H8.C4H6.C3H4/c1-2-4-8-7(3-1)5-6-9-8;1-2-4-6-5-3-1;1-5(2)6(3)4;1-2-4-5-3-1;1-3-5-4-2;1-3-4-2;1-3-2/h1-6,9H;1-4H,5-6H2;1,3H2,2,4H3;1-4H,5H2;3-5H,1H2,2H3;3-4H,1-2H2;1-2H2. The number of aromatic amines is 1. The highest BCUT2D eigenvalue weighted by Crippen LogP contribution is 2.09. The summed E-state index contributed by atoms with van der Waals surface area (Å²) in [6.45, 7) is 29.6. The van der Waals surface area contributed by atoms with Crippen molar-refractivity contribution in [2.75, 3.05) is 0 Å². The molecule has 0 aliphatic heterocycles. The third kappa shape index (κ3) is 31.7. The van der Waals surface area contributed by atoms with Crippen molar-refractivity contribution in [3.8, 4) is 0 Å². The Kier molecular flexibility index (Phi) is 32.9. The Labute approximate surface area is 234 Å². The zero-order valence-electron chi connectivity index (χ0n) is 24.0. The zero-order valence-corrected chi connectivity index (χ0v) is 24.0. The predicted octanol–water partition coefficient (Wildman–Crippen LogP) is 11.8. The van der Waals surface area contributed by atoms with Crippen molar-refractivity contribution in [2.45, 2.75) is 40.0 Å². The summed E-state index contributed by atoms with van der Waals surface area (Å²) in [6, 6.07) is 10.3. The van der Waals surface area contributed by atoms with E-state index in [1.54, 1.807) is 18.2 Å². The number of H-pyrrole nitrogens is 1. The number of allylic oxidation sites excluding steroid dienone is 15. The van der Waals surface area contributed by atoms with Gasteiger partial charge in [-0.3, -0.25) is 0 Å².